The van der Waals surface area contributed by atoms with E-state index >= 15 is 0 Å². The lowest BCUT2D eigenvalue weighted by Crippen LogP contribution is -2.01. The van der Waals surface area contributed by atoms with E-state index in [9.17, 15) is 0 Å². The maximum atomic E-state index is 5.84. The maximum absolute atomic E-state index is 5.84. The third-order valence-electron chi connectivity index (χ3n) is 3.13. The summed E-state index contributed by atoms with van der Waals surface area (Å²) in [5.41, 5.74) is 3.51. The molecule has 1 aromatic carbocycles. The summed E-state index contributed by atoms with van der Waals surface area (Å²) in [6.45, 7) is 7.65. The number of aryl methyl sites for hydroxylation is 1. The number of aromatic nitrogens is 1. The van der Waals surface area contributed by atoms with E-state index in [4.69, 9.17) is 4.74 Å². The fraction of sp³-hybridized carbons (Fsp3) is 0.312. The number of rotatable bonds is 5. The number of ether oxygens (including phenoxy) is 1. The molecule has 0 unspecified atom stereocenters. The molecule has 0 saturated carbocycles. The molecule has 3 heteroatoms. The first kappa shape index (κ1) is 13.4. The minimum Gasteiger partial charge on any atom is -0.489 e. The van der Waals surface area contributed by atoms with E-state index in [1.807, 2.05) is 30.5 Å². The monoisotopic (exact) mass is 256 g/mol. The molecule has 0 aliphatic rings. The van der Waals surface area contributed by atoms with Gasteiger partial charge in [-0.25, -0.2) is 4.98 Å². The summed E-state index contributed by atoms with van der Waals surface area (Å²) in [6, 6.07) is 10.1. The van der Waals surface area contributed by atoms with Crippen LogP contribution in [0.25, 0.3) is 0 Å². The van der Waals surface area contributed by atoms with Gasteiger partial charge in [-0.3, -0.25) is 0 Å². The number of hydrogen-bond acceptors (Lipinski definition) is 3. The van der Waals surface area contributed by atoms with Crippen LogP contribution in [0.3, 0.4) is 0 Å². The Balaban J connectivity index is 2.00. The molecule has 100 valence electrons. The van der Waals surface area contributed by atoms with Gasteiger partial charge in [-0.2, -0.15) is 0 Å². The molecule has 0 saturated heterocycles. The SMILES string of the molecule is CCNc1ccc(COc2cccc(C)c2C)cn1. The topological polar surface area (TPSA) is 34.1 Å². The van der Waals surface area contributed by atoms with Gasteiger partial charge >= 0.3 is 0 Å². The quantitative estimate of drug-likeness (QED) is 0.885. The first-order chi connectivity index (χ1) is 9.20. The van der Waals surface area contributed by atoms with Crippen molar-refractivity contribution in [3.63, 3.8) is 0 Å². The van der Waals surface area contributed by atoms with Crippen LogP contribution < -0.4 is 10.1 Å². The molecule has 2 aromatic rings. The van der Waals surface area contributed by atoms with Crippen LogP contribution in [0.2, 0.25) is 0 Å². The first-order valence-corrected chi connectivity index (χ1v) is 6.58. The van der Waals surface area contributed by atoms with Crippen LogP contribution in [0.5, 0.6) is 5.75 Å². The molecule has 0 radical (unpaired) electrons. The van der Waals surface area contributed by atoms with Gasteiger partial charge < -0.3 is 10.1 Å². The van der Waals surface area contributed by atoms with Gasteiger partial charge in [0, 0.05) is 18.3 Å². The Morgan fingerprint density at radius 3 is 2.68 bits per heavy atom. The van der Waals surface area contributed by atoms with Crippen molar-refractivity contribution in [2.75, 3.05) is 11.9 Å². The molecular formula is C16H20N2O. The Bertz CT molecular complexity index is 535. The van der Waals surface area contributed by atoms with Crippen LogP contribution in [-0.4, -0.2) is 11.5 Å². The van der Waals surface area contributed by atoms with E-state index < -0.39 is 0 Å². The summed E-state index contributed by atoms with van der Waals surface area (Å²) in [4.78, 5) is 4.33. The largest absolute Gasteiger partial charge is 0.489 e. The fourth-order valence-corrected chi connectivity index (χ4v) is 1.84. The number of benzene rings is 1. The van der Waals surface area contributed by atoms with Crippen LogP contribution in [0.1, 0.15) is 23.6 Å². The van der Waals surface area contributed by atoms with E-state index in [-0.39, 0.29) is 0 Å². The summed E-state index contributed by atoms with van der Waals surface area (Å²) in [5, 5.41) is 3.17. The molecule has 0 spiro atoms. The highest BCUT2D eigenvalue weighted by Gasteiger charge is 2.02. The molecule has 3 nitrogen and oxygen atoms in total. The highest BCUT2D eigenvalue weighted by Crippen LogP contribution is 2.21. The van der Waals surface area contributed by atoms with Crippen molar-refractivity contribution < 1.29 is 4.74 Å². The molecular weight excluding hydrogens is 236 g/mol. The minimum atomic E-state index is 0.545. The summed E-state index contributed by atoms with van der Waals surface area (Å²) in [7, 11) is 0. The van der Waals surface area contributed by atoms with E-state index in [0.717, 1.165) is 23.7 Å². The van der Waals surface area contributed by atoms with Crippen molar-refractivity contribution in [1.29, 1.82) is 0 Å². The molecule has 19 heavy (non-hydrogen) atoms. The number of nitrogens with one attached hydrogen (secondary N) is 1. The van der Waals surface area contributed by atoms with Gasteiger partial charge in [0.15, 0.2) is 0 Å². The Labute approximate surface area is 114 Å². The maximum Gasteiger partial charge on any atom is 0.125 e. The molecule has 0 atom stereocenters. The van der Waals surface area contributed by atoms with E-state index in [2.05, 4.69) is 37.1 Å². The Hall–Kier alpha value is -2.03. The third kappa shape index (κ3) is 3.47. The smallest absolute Gasteiger partial charge is 0.125 e. The fourth-order valence-electron chi connectivity index (χ4n) is 1.84. The Kier molecular flexibility index (Phi) is 4.39. The standard InChI is InChI=1S/C16H20N2O/c1-4-17-16-9-8-14(10-18-16)11-19-15-7-5-6-12(2)13(15)3/h5-10H,4,11H2,1-3H3,(H,17,18). The lowest BCUT2D eigenvalue weighted by molar-refractivity contribution is 0.303. The molecule has 0 aliphatic heterocycles. The first-order valence-electron chi connectivity index (χ1n) is 6.58. The van der Waals surface area contributed by atoms with E-state index in [0.29, 0.717) is 6.61 Å². The zero-order chi connectivity index (χ0) is 13.7. The second-order valence-corrected chi connectivity index (χ2v) is 4.57. The number of anilines is 1. The molecule has 0 fully saturated rings. The van der Waals surface area contributed by atoms with Gasteiger partial charge in [0.25, 0.3) is 0 Å². The van der Waals surface area contributed by atoms with Crippen molar-refractivity contribution in [3.8, 4) is 5.75 Å². The lowest BCUT2D eigenvalue weighted by atomic mass is 10.1. The molecule has 0 bridgehead atoms. The predicted octanol–water partition coefficient (Wildman–Crippen LogP) is 3.71. The molecule has 1 heterocycles. The number of pyridine rings is 1. The summed E-state index contributed by atoms with van der Waals surface area (Å²) < 4.78 is 5.84. The number of hydrogen-bond donors (Lipinski definition) is 1. The van der Waals surface area contributed by atoms with Gasteiger partial charge in [0.1, 0.15) is 18.2 Å². The second kappa shape index (κ2) is 6.23. The lowest BCUT2D eigenvalue weighted by Gasteiger charge is -2.11. The summed E-state index contributed by atoms with van der Waals surface area (Å²) >= 11 is 0. The van der Waals surface area contributed by atoms with Crippen LogP contribution in [0.4, 0.5) is 5.82 Å². The summed E-state index contributed by atoms with van der Waals surface area (Å²) in [5.74, 6) is 1.84. The average Bonchev–Trinajstić information content (AvgIpc) is 2.42. The van der Waals surface area contributed by atoms with Gasteiger partial charge in [-0.05, 0) is 44.0 Å². The summed E-state index contributed by atoms with van der Waals surface area (Å²) in [6.07, 6.45) is 1.85. The Morgan fingerprint density at radius 2 is 2.00 bits per heavy atom. The molecule has 1 N–H and O–H groups in total. The molecule has 0 amide bonds. The van der Waals surface area contributed by atoms with E-state index in [1.165, 1.54) is 11.1 Å². The zero-order valence-corrected chi connectivity index (χ0v) is 11.7. The van der Waals surface area contributed by atoms with Crippen LogP contribution in [-0.2, 0) is 6.61 Å². The minimum absolute atomic E-state index is 0.545. The van der Waals surface area contributed by atoms with Crippen LogP contribution in [0, 0.1) is 13.8 Å². The van der Waals surface area contributed by atoms with Crippen molar-refractivity contribution in [2.45, 2.75) is 27.4 Å². The van der Waals surface area contributed by atoms with E-state index in [1.54, 1.807) is 0 Å². The van der Waals surface area contributed by atoms with Crippen LogP contribution >= 0.6 is 0 Å². The molecule has 0 aliphatic carbocycles. The van der Waals surface area contributed by atoms with Gasteiger partial charge in [0.2, 0.25) is 0 Å². The number of nitrogens with zero attached hydrogens (tertiary/aromatic N) is 1. The molecule has 1 aromatic heterocycles. The van der Waals surface area contributed by atoms with Crippen molar-refractivity contribution in [3.05, 3.63) is 53.2 Å². The normalized spacial score (nSPS) is 10.3. The van der Waals surface area contributed by atoms with Gasteiger partial charge in [0.05, 0.1) is 0 Å². The average molecular weight is 256 g/mol. The van der Waals surface area contributed by atoms with Crippen molar-refractivity contribution >= 4 is 5.82 Å². The van der Waals surface area contributed by atoms with Crippen LogP contribution in [0.15, 0.2) is 36.5 Å². The third-order valence-corrected chi connectivity index (χ3v) is 3.13. The van der Waals surface area contributed by atoms with Gasteiger partial charge in [-0.1, -0.05) is 18.2 Å². The Morgan fingerprint density at radius 1 is 1.16 bits per heavy atom. The van der Waals surface area contributed by atoms with Crippen molar-refractivity contribution in [1.82, 2.24) is 4.98 Å². The molecule has 2 rings (SSSR count). The van der Waals surface area contributed by atoms with Gasteiger partial charge in [-0.15, -0.1) is 0 Å². The second-order valence-electron chi connectivity index (χ2n) is 4.57. The van der Waals surface area contributed by atoms with Crippen molar-refractivity contribution in [2.24, 2.45) is 0 Å². The zero-order valence-electron chi connectivity index (χ0n) is 11.7. The predicted molar refractivity (Wildman–Crippen MR) is 78.6 cm³/mol. The highest BCUT2D eigenvalue weighted by atomic mass is 16.5. The highest BCUT2D eigenvalue weighted by molar-refractivity contribution is 5.39.